The molecule has 0 spiro atoms. The lowest BCUT2D eigenvalue weighted by Gasteiger charge is -2.11. The molecule has 7 nitrogen and oxygen atoms in total. The number of carbonyl (C=O) groups excluding carboxylic acids is 1. The Morgan fingerprint density at radius 2 is 1.83 bits per heavy atom. The Morgan fingerprint density at radius 3 is 2.52 bits per heavy atom. The molecule has 0 aliphatic rings. The topological polar surface area (TPSA) is 108 Å². The quantitative estimate of drug-likeness (QED) is 0.488. The van der Waals surface area contributed by atoms with Crippen LogP contribution in [-0.4, -0.2) is 31.0 Å². The fourth-order valence-electron chi connectivity index (χ4n) is 2.45. The van der Waals surface area contributed by atoms with Gasteiger partial charge in [0.25, 0.3) is 10.0 Å². The first kappa shape index (κ1) is 21.3. The number of aliphatic hydroxyl groups excluding tert-OH is 1. The number of hydrogen-bond acceptors (Lipinski definition) is 6. The zero-order valence-corrected chi connectivity index (χ0v) is 17.5. The molecule has 152 valence electrons. The van der Waals surface area contributed by atoms with Gasteiger partial charge in [0.1, 0.15) is 0 Å². The van der Waals surface area contributed by atoms with Crippen molar-refractivity contribution in [3.8, 4) is 0 Å². The number of aromatic nitrogens is 1. The predicted molar refractivity (Wildman–Crippen MR) is 112 cm³/mol. The van der Waals surface area contributed by atoms with Gasteiger partial charge in [-0.25, -0.2) is 13.4 Å². The van der Waals surface area contributed by atoms with E-state index in [9.17, 15) is 18.3 Å². The van der Waals surface area contributed by atoms with Gasteiger partial charge in [0.2, 0.25) is 5.91 Å². The van der Waals surface area contributed by atoms with E-state index < -0.39 is 16.1 Å². The van der Waals surface area contributed by atoms with Gasteiger partial charge < -0.3 is 10.4 Å². The van der Waals surface area contributed by atoms with Crippen LogP contribution in [0.4, 0.5) is 5.13 Å². The molecule has 1 atom stereocenters. The molecular formula is C19H18ClN3O4S2. The van der Waals surface area contributed by atoms with E-state index in [1.165, 1.54) is 24.3 Å². The van der Waals surface area contributed by atoms with Gasteiger partial charge in [-0.05, 0) is 29.8 Å². The number of anilines is 1. The largest absolute Gasteiger partial charge is 0.387 e. The van der Waals surface area contributed by atoms with Gasteiger partial charge in [0.15, 0.2) is 5.13 Å². The van der Waals surface area contributed by atoms with Gasteiger partial charge >= 0.3 is 0 Å². The standard InChI is InChI=1S/C19H18ClN3O4S2/c20-14-6-8-16(9-7-14)29(26,27)23-19-22-15(12-28-19)10-18(25)21-11-17(24)13-4-2-1-3-5-13/h1-9,12,17,24H,10-11H2,(H,21,25)(H,22,23). The molecule has 3 aromatic rings. The summed E-state index contributed by atoms with van der Waals surface area (Å²) in [7, 11) is -3.79. The molecule has 0 aliphatic carbocycles. The number of thiazole rings is 1. The van der Waals surface area contributed by atoms with Crippen molar-refractivity contribution in [3.63, 3.8) is 0 Å². The third-order valence-corrected chi connectivity index (χ3v) is 6.46. The van der Waals surface area contributed by atoms with Crippen molar-refractivity contribution >= 4 is 44.0 Å². The van der Waals surface area contributed by atoms with Crippen LogP contribution in [0, 0.1) is 0 Å². The van der Waals surface area contributed by atoms with Crippen LogP contribution in [0.25, 0.3) is 0 Å². The normalized spacial score (nSPS) is 12.3. The van der Waals surface area contributed by atoms with Crippen molar-refractivity contribution in [1.29, 1.82) is 0 Å². The Bertz CT molecular complexity index is 1070. The number of nitrogens with one attached hydrogen (secondary N) is 2. The summed E-state index contributed by atoms with van der Waals surface area (Å²) in [6, 6.07) is 14.8. The Morgan fingerprint density at radius 1 is 1.14 bits per heavy atom. The highest BCUT2D eigenvalue weighted by Crippen LogP contribution is 2.21. The van der Waals surface area contributed by atoms with E-state index in [1.54, 1.807) is 17.5 Å². The third kappa shape index (κ3) is 6.01. The highest BCUT2D eigenvalue weighted by Gasteiger charge is 2.17. The SMILES string of the molecule is O=C(Cc1csc(NS(=O)(=O)c2ccc(Cl)cc2)n1)NCC(O)c1ccccc1. The van der Waals surface area contributed by atoms with E-state index in [-0.39, 0.29) is 28.9 Å². The van der Waals surface area contributed by atoms with E-state index in [1.807, 2.05) is 18.2 Å². The molecule has 1 heterocycles. The molecule has 29 heavy (non-hydrogen) atoms. The molecule has 0 fully saturated rings. The van der Waals surface area contributed by atoms with E-state index >= 15 is 0 Å². The summed E-state index contributed by atoms with van der Waals surface area (Å²) in [6.07, 6.45) is -0.835. The number of halogens is 1. The number of hydrogen-bond donors (Lipinski definition) is 3. The Balaban J connectivity index is 1.54. The number of sulfonamides is 1. The molecule has 1 unspecified atom stereocenters. The van der Waals surface area contributed by atoms with Crippen molar-refractivity contribution in [1.82, 2.24) is 10.3 Å². The molecule has 0 radical (unpaired) electrons. The zero-order valence-electron chi connectivity index (χ0n) is 15.1. The van der Waals surface area contributed by atoms with Crippen LogP contribution in [0.1, 0.15) is 17.4 Å². The van der Waals surface area contributed by atoms with Crippen LogP contribution < -0.4 is 10.0 Å². The van der Waals surface area contributed by atoms with Crippen LogP contribution >= 0.6 is 22.9 Å². The van der Waals surface area contributed by atoms with Crippen molar-refractivity contribution in [2.24, 2.45) is 0 Å². The second kappa shape index (κ2) is 9.36. The van der Waals surface area contributed by atoms with E-state index in [4.69, 9.17) is 11.6 Å². The molecular weight excluding hydrogens is 434 g/mol. The number of amides is 1. The zero-order chi connectivity index (χ0) is 20.9. The monoisotopic (exact) mass is 451 g/mol. The van der Waals surface area contributed by atoms with Crippen LogP contribution in [-0.2, 0) is 21.2 Å². The van der Waals surface area contributed by atoms with E-state index in [2.05, 4.69) is 15.0 Å². The van der Waals surface area contributed by atoms with E-state index in [0.29, 0.717) is 16.3 Å². The van der Waals surface area contributed by atoms with Gasteiger partial charge in [0.05, 0.1) is 23.1 Å². The summed E-state index contributed by atoms with van der Waals surface area (Å²) < 4.78 is 27.1. The number of aliphatic hydroxyl groups is 1. The molecule has 3 rings (SSSR count). The summed E-state index contributed by atoms with van der Waals surface area (Å²) in [5, 5.41) is 14.9. The Kier molecular flexibility index (Phi) is 6.86. The van der Waals surface area contributed by atoms with Gasteiger partial charge in [-0.3, -0.25) is 9.52 Å². The van der Waals surface area contributed by atoms with Crippen molar-refractivity contribution in [3.05, 3.63) is 76.3 Å². The maximum Gasteiger partial charge on any atom is 0.263 e. The van der Waals surface area contributed by atoms with Crippen molar-refractivity contribution in [2.75, 3.05) is 11.3 Å². The molecule has 0 aliphatic heterocycles. The molecule has 2 aromatic carbocycles. The summed E-state index contributed by atoms with van der Waals surface area (Å²) in [4.78, 5) is 16.3. The van der Waals surface area contributed by atoms with Crippen LogP contribution in [0.2, 0.25) is 5.02 Å². The van der Waals surface area contributed by atoms with Crippen LogP contribution in [0.5, 0.6) is 0 Å². The first-order valence-corrected chi connectivity index (χ1v) is 11.3. The van der Waals surface area contributed by atoms with E-state index in [0.717, 1.165) is 11.3 Å². The minimum absolute atomic E-state index is 0.0271. The minimum atomic E-state index is -3.79. The number of nitrogens with zero attached hydrogens (tertiary/aromatic N) is 1. The summed E-state index contributed by atoms with van der Waals surface area (Å²) in [5.41, 5.74) is 1.14. The number of benzene rings is 2. The minimum Gasteiger partial charge on any atom is -0.387 e. The lowest BCUT2D eigenvalue weighted by Crippen LogP contribution is -2.29. The van der Waals surface area contributed by atoms with Crippen LogP contribution in [0.3, 0.4) is 0 Å². The highest BCUT2D eigenvalue weighted by atomic mass is 35.5. The van der Waals surface area contributed by atoms with Crippen LogP contribution in [0.15, 0.2) is 64.9 Å². The fraction of sp³-hybridized carbons (Fsp3) is 0.158. The van der Waals surface area contributed by atoms with Crippen molar-refractivity contribution < 1.29 is 18.3 Å². The molecule has 3 N–H and O–H groups in total. The van der Waals surface area contributed by atoms with Gasteiger partial charge in [0, 0.05) is 16.9 Å². The number of carbonyl (C=O) groups is 1. The average molecular weight is 452 g/mol. The lowest BCUT2D eigenvalue weighted by atomic mass is 10.1. The smallest absolute Gasteiger partial charge is 0.263 e. The first-order chi connectivity index (χ1) is 13.8. The average Bonchev–Trinajstić information content (AvgIpc) is 3.13. The molecule has 0 bridgehead atoms. The van der Waals surface area contributed by atoms with Gasteiger partial charge in [-0.2, -0.15) is 0 Å². The van der Waals surface area contributed by atoms with Gasteiger partial charge in [-0.15, -0.1) is 11.3 Å². The third-order valence-electron chi connectivity index (χ3n) is 3.92. The molecule has 10 heteroatoms. The van der Waals surface area contributed by atoms with Crippen molar-refractivity contribution in [2.45, 2.75) is 17.4 Å². The maximum absolute atomic E-state index is 12.4. The highest BCUT2D eigenvalue weighted by molar-refractivity contribution is 7.93. The molecule has 1 aromatic heterocycles. The molecule has 0 saturated carbocycles. The summed E-state index contributed by atoms with van der Waals surface area (Å²) in [5.74, 6) is -0.322. The maximum atomic E-state index is 12.4. The summed E-state index contributed by atoms with van der Waals surface area (Å²) in [6.45, 7) is 0.0725. The predicted octanol–water partition coefficient (Wildman–Crippen LogP) is 2.99. The Labute approximate surface area is 177 Å². The number of rotatable bonds is 8. The van der Waals surface area contributed by atoms with Gasteiger partial charge in [-0.1, -0.05) is 41.9 Å². The summed E-state index contributed by atoms with van der Waals surface area (Å²) >= 11 is 6.86. The Hall–Kier alpha value is -2.46. The fourth-order valence-corrected chi connectivity index (χ4v) is 4.54. The second-order valence-electron chi connectivity index (χ2n) is 6.11. The second-order valence-corrected chi connectivity index (χ2v) is 9.09. The lowest BCUT2D eigenvalue weighted by molar-refractivity contribution is -0.120. The molecule has 1 amide bonds. The molecule has 0 saturated heterocycles. The first-order valence-electron chi connectivity index (χ1n) is 8.56.